The molecule has 0 unspecified atom stereocenters. The van der Waals surface area contributed by atoms with E-state index < -0.39 is 0 Å². The van der Waals surface area contributed by atoms with Gasteiger partial charge in [0.2, 0.25) is 11.0 Å². The molecule has 2 aromatic heterocycles. The van der Waals surface area contributed by atoms with Crippen molar-refractivity contribution >= 4 is 37.3 Å². The molecule has 0 radical (unpaired) electrons. The van der Waals surface area contributed by atoms with Gasteiger partial charge in [-0.25, -0.2) is 0 Å². The van der Waals surface area contributed by atoms with Gasteiger partial charge in [0.15, 0.2) is 0 Å². The van der Waals surface area contributed by atoms with Crippen molar-refractivity contribution in [2.75, 3.05) is 0 Å². The van der Waals surface area contributed by atoms with Crippen molar-refractivity contribution in [1.29, 1.82) is 0 Å². The van der Waals surface area contributed by atoms with Gasteiger partial charge in [-0.05, 0) is 18.2 Å². The van der Waals surface area contributed by atoms with Gasteiger partial charge in [-0.3, -0.25) is 0 Å². The van der Waals surface area contributed by atoms with E-state index >= 15 is 0 Å². The molecule has 0 atom stereocenters. The summed E-state index contributed by atoms with van der Waals surface area (Å²) >= 11 is 1.84. The number of hydrogen-bond donors (Lipinski definition) is 0. The third kappa shape index (κ3) is 1.22. The predicted molar refractivity (Wildman–Crippen MR) is 72.5 cm³/mol. The second kappa shape index (κ2) is 3.28. The smallest absolute Gasteiger partial charge is 0.143 e. The van der Waals surface area contributed by atoms with E-state index in [0.29, 0.717) is 0 Å². The van der Waals surface area contributed by atoms with E-state index in [1.165, 1.54) is 25.9 Å². The highest BCUT2D eigenvalue weighted by atomic mass is 32.1. The Bertz CT molecular complexity index is 839. The van der Waals surface area contributed by atoms with Crippen LogP contribution >= 0.6 is 11.3 Å². The van der Waals surface area contributed by atoms with Gasteiger partial charge >= 0.3 is 0 Å². The molecule has 0 saturated heterocycles. The second-order valence-electron chi connectivity index (χ2n) is 4.14. The Morgan fingerprint density at radius 1 is 0.706 bits per heavy atom. The molecule has 1 nitrogen and oxygen atoms in total. The average molecular weight is 236 g/mol. The summed E-state index contributed by atoms with van der Waals surface area (Å²) in [4.78, 5) is 1.30. The fourth-order valence-electron chi connectivity index (χ4n) is 2.36. The minimum Gasteiger partial charge on any atom is -0.143 e. The first-order valence-corrected chi connectivity index (χ1v) is 6.46. The van der Waals surface area contributed by atoms with Crippen LogP contribution in [-0.4, -0.2) is 0 Å². The van der Waals surface area contributed by atoms with Gasteiger partial charge in [-0.15, -0.1) is 4.40 Å². The molecule has 0 aliphatic heterocycles. The van der Waals surface area contributed by atoms with Crippen molar-refractivity contribution < 1.29 is 4.40 Å². The quantitative estimate of drug-likeness (QED) is 0.409. The van der Waals surface area contributed by atoms with Gasteiger partial charge in [0.25, 0.3) is 4.83 Å². The van der Waals surface area contributed by atoms with E-state index in [-0.39, 0.29) is 0 Å². The predicted octanol–water partition coefficient (Wildman–Crippen LogP) is 3.79. The van der Waals surface area contributed by atoms with Crippen LogP contribution in [0.2, 0.25) is 0 Å². The molecule has 4 aromatic rings. The Morgan fingerprint density at radius 2 is 1.47 bits per heavy atom. The molecular weight excluding hydrogens is 226 g/mol. The molecule has 2 heterocycles. The number of hydrogen-bond acceptors (Lipinski definition) is 1. The van der Waals surface area contributed by atoms with Crippen LogP contribution in [0.5, 0.6) is 0 Å². The van der Waals surface area contributed by atoms with Crippen LogP contribution in [0.3, 0.4) is 0 Å². The number of fused-ring (bicyclic) bond motifs is 5. The lowest BCUT2D eigenvalue weighted by molar-refractivity contribution is -0.446. The zero-order valence-corrected chi connectivity index (χ0v) is 9.95. The summed E-state index contributed by atoms with van der Waals surface area (Å²) in [6.45, 7) is 0. The van der Waals surface area contributed by atoms with Crippen molar-refractivity contribution in [2.45, 2.75) is 0 Å². The molecule has 0 spiro atoms. The van der Waals surface area contributed by atoms with E-state index in [1.54, 1.807) is 0 Å². The average Bonchev–Trinajstić information content (AvgIpc) is 2.77. The summed E-state index contributed by atoms with van der Waals surface area (Å²) in [7, 11) is 0. The first-order chi connectivity index (χ1) is 8.43. The molecule has 0 bridgehead atoms. The van der Waals surface area contributed by atoms with Crippen LogP contribution in [0.25, 0.3) is 25.9 Å². The fraction of sp³-hybridized carbons (Fsp3) is 0. The normalized spacial score (nSPS) is 11.5. The Kier molecular flexibility index (Phi) is 1.76. The summed E-state index contributed by atoms with van der Waals surface area (Å²) in [6.07, 6.45) is 0. The maximum Gasteiger partial charge on any atom is 0.268 e. The molecule has 2 aromatic carbocycles. The minimum atomic E-state index is 1.28. The SMILES string of the molecule is c1ccc2c(c1)ccc1sc3ccccc3[n+]12. The Balaban J connectivity index is 2.38. The van der Waals surface area contributed by atoms with Gasteiger partial charge in [0.05, 0.1) is 0 Å². The fourth-order valence-corrected chi connectivity index (χ4v) is 3.42. The number of para-hydroxylation sites is 2. The molecule has 17 heavy (non-hydrogen) atoms. The number of aromatic nitrogens is 1. The highest BCUT2D eigenvalue weighted by Gasteiger charge is 2.15. The van der Waals surface area contributed by atoms with Crippen molar-refractivity contribution in [1.82, 2.24) is 0 Å². The Hall–Kier alpha value is -1.93. The molecule has 80 valence electrons. The topological polar surface area (TPSA) is 4.10 Å². The molecule has 0 N–H and O–H groups in total. The number of pyridine rings is 1. The monoisotopic (exact) mass is 236 g/mol. The zero-order chi connectivity index (χ0) is 11.2. The maximum atomic E-state index is 2.34. The van der Waals surface area contributed by atoms with Crippen LogP contribution in [0.1, 0.15) is 0 Å². The first-order valence-electron chi connectivity index (χ1n) is 5.64. The maximum absolute atomic E-state index is 2.34. The molecule has 0 fully saturated rings. The van der Waals surface area contributed by atoms with Crippen molar-refractivity contribution in [3.8, 4) is 0 Å². The van der Waals surface area contributed by atoms with Gasteiger partial charge in [-0.2, -0.15) is 0 Å². The summed E-state index contributed by atoms with van der Waals surface area (Å²) in [5.41, 5.74) is 2.58. The van der Waals surface area contributed by atoms with Crippen LogP contribution in [-0.2, 0) is 0 Å². The van der Waals surface area contributed by atoms with Gasteiger partial charge in [0.1, 0.15) is 4.70 Å². The number of rotatable bonds is 0. The van der Waals surface area contributed by atoms with E-state index in [0.717, 1.165) is 0 Å². The van der Waals surface area contributed by atoms with E-state index in [2.05, 4.69) is 65.1 Å². The lowest BCUT2D eigenvalue weighted by Gasteiger charge is -1.92. The summed E-state index contributed by atoms with van der Waals surface area (Å²) in [5.74, 6) is 0. The summed E-state index contributed by atoms with van der Waals surface area (Å²) < 4.78 is 3.68. The lowest BCUT2D eigenvalue weighted by atomic mass is 10.2. The Morgan fingerprint density at radius 3 is 2.41 bits per heavy atom. The van der Waals surface area contributed by atoms with Gasteiger partial charge in [-0.1, -0.05) is 35.6 Å². The molecule has 0 saturated carbocycles. The molecule has 0 aliphatic carbocycles. The zero-order valence-electron chi connectivity index (χ0n) is 9.13. The minimum absolute atomic E-state index is 1.28. The van der Waals surface area contributed by atoms with Gasteiger partial charge < -0.3 is 0 Å². The van der Waals surface area contributed by atoms with Crippen molar-refractivity contribution in [2.24, 2.45) is 0 Å². The van der Waals surface area contributed by atoms with Gasteiger partial charge in [0, 0.05) is 23.6 Å². The number of benzene rings is 2. The third-order valence-corrected chi connectivity index (χ3v) is 4.22. The molecular formula is C15H10NS+. The number of nitrogens with zero attached hydrogens (tertiary/aromatic N) is 1. The second-order valence-corrected chi connectivity index (χ2v) is 5.20. The molecule has 0 aliphatic rings. The van der Waals surface area contributed by atoms with Crippen molar-refractivity contribution in [3.05, 3.63) is 60.7 Å². The highest BCUT2D eigenvalue weighted by molar-refractivity contribution is 7.23. The van der Waals surface area contributed by atoms with E-state index in [9.17, 15) is 0 Å². The molecule has 4 rings (SSSR count). The van der Waals surface area contributed by atoms with Crippen LogP contribution < -0.4 is 4.40 Å². The first kappa shape index (κ1) is 9.14. The molecule has 2 heteroatoms. The van der Waals surface area contributed by atoms with Crippen molar-refractivity contribution in [3.63, 3.8) is 0 Å². The van der Waals surface area contributed by atoms with Crippen LogP contribution in [0, 0.1) is 0 Å². The van der Waals surface area contributed by atoms with E-state index in [1.807, 2.05) is 11.3 Å². The van der Waals surface area contributed by atoms with Crippen LogP contribution in [0.4, 0.5) is 0 Å². The Labute approximate surface area is 103 Å². The molecule has 0 amide bonds. The standard InChI is InChI=1S/C15H10NS/c1-2-6-12-11(5-1)9-10-15-16(12)13-7-3-4-8-14(13)17-15/h1-10H/q+1. The highest BCUT2D eigenvalue weighted by Crippen LogP contribution is 2.23. The van der Waals surface area contributed by atoms with E-state index in [4.69, 9.17) is 0 Å². The summed E-state index contributed by atoms with van der Waals surface area (Å²) in [6, 6.07) is 21.5. The largest absolute Gasteiger partial charge is 0.268 e. The summed E-state index contributed by atoms with van der Waals surface area (Å²) in [5, 5.41) is 1.29. The van der Waals surface area contributed by atoms with Crippen LogP contribution in [0.15, 0.2) is 60.7 Å². The lowest BCUT2D eigenvalue weighted by Crippen LogP contribution is -2.19. The number of thiazole rings is 1. The third-order valence-electron chi connectivity index (χ3n) is 3.12.